The number of amides is 2. The van der Waals surface area contributed by atoms with Crippen LogP contribution in [0.5, 0.6) is 0 Å². The molecule has 5 rings (SSSR count). The van der Waals surface area contributed by atoms with Crippen LogP contribution in [-0.4, -0.2) is 38.7 Å². The number of aromatic nitrogens is 1. The summed E-state index contributed by atoms with van der Waals surface area (Å²) in [6, 6.07) is 27.4. The van der Waals surface area contributed by atoms with Gasteiger partial charge in [-0.1, -0.05) is 78.5 Å². The van der Waals surface area contributed by atoms with Crippen molar-refractivity contribution in [2.45, 2.75) is 24.6 Å². The molecule has 0 aliphatic carbocycles. The van der Waals surface area contributed by atoms with E-state index < -0.39 is 5.25 Å². The number of para-hydroxylation sites is 2. The maximum Gasteiger partial charge on any atom is 0.242 e. The molecule has 6 nitrogen and oxygen atoms in total. The number of H-pyrrole nitrogens is 1. The Morgan fingerprint density at radius 2 is 1.69 bits per heavy atom. The number of nitrogens with zero attached hydrogens (tertiary/aromatic N) is 2. The normalized spacial score (nSPS) is 16.8. The van der Waals surface area contributed by atoms with E-state index in [0.717, 1.165) is 27.7 Å². The van der Waals surface area contributed by atoms with Gasteiger partial charge in [0.15, 0.2) is 5.17 Å². The highest BCUT2D eigenvalue weighted by Crippen LogP contribution is 2.31. The van der Waals surface area contributed by atoms with Crippen LogP contribution >= 0.6 is 11.8 Å². The number of thioether (sulfide) groups is 1. The Morgan fingerprint density at radius 1 is 0.971 bits per heavy atom. The zero-order valence-corrected chi connectivity index (χ0v) is 20.0. The molecule has 0 unspecified atom stereocenters. The number of hydrogen-bond donors (Lipinski definition) is 2. The number of aliphatic imine (C=N–C) groups is 1. The van der Waals surface area contributed by atoms with Crippen LogP contribution in [0.25, 0.3) is 10.9 Å². The van der Waals surface area contributed by atoms with Crippen molar-refractivity contribution < 1.29 is 9.59 Å². The predicted octanol–water partition coefficient (Wildman–Crippen LogP) is 5.24. The summed E-state index contributed by atoms with van der Waals surface area (Å²) in [5.41, 5.74) is 4.04. The number of amidine groups is 1. The van der Waals surface area contributed by atoms with Crippen LogP contribution in [-0.2, 0) is 22.6 Å². The van der Waals surface area contributed by atoms with Gasteiger partial charge in [-0.2, -0.15) is 0 Å². The Bertz CT molecular complexity index is 1350. The van der Waals surface area contributed by atoms with Crippen LogP contribution in [0.3, 0.4) is 0 Å². The summed E-state index contributed by atoms with van der Waals surface area (Å²) in [7, 11) is 0. The van der Waals surface area contributed by atoms with Crippen LogP contribution in [0, 0.1) is 0 Å². The van der Waals surface area contributed by atoms with Gasteiger partial charge in [-0.15, -0.1) is 0 Å². The number of nitrogens with one attached hydrogen (secondary N) is 2. The molecule has 2 amide bonds. The summed E-state index contributed by atoms with van der Waals surface area (Å²) in [4.78, 5) is 35.9. The lowest BCUT2D eigenvalue weighted by atomic mass is 10.1. The van der Waals surface area contributed by atoms with Crippen molar-refractivity contribution in [3.8, 4) is 0 Å². The first-order valence-electron chi connectivity index (χ1n) is 11.6. The molecule has 1 saturated heterocycles. The Labute approximate surface area is 208 Å². The number of hydrogen-bond acceptors (Lipinski definition) is 4. The van der Waals surface area contributed by atoms with Crippen LogP contribution in [0.1, 0.15) is 17.5 Å². The molecule has 1 aromatic heterocycles. The number of aromatic amines is 1. The van der Waals surface area contributed by atoms with E-state index in [-0.39, 0.29) is 18.2 Å². The summed E-state index contributed by atoms with van der Waals surface area (Å²) in [6.45, 7) is 1.00. The van der Waals surface area contributed by atoms with Gasteiger partial charge >= 0.3 is 0 Å². The highest BCUT2D eigenvalue weighted by molar-refractivity contribution is 8.15. The monoisotopic (exact) mass is 482 g/mol. The molecule has 176 valence electrons. The number of rotatable bonds is 8. The van der Waals surface area contributed by atoms with Gasteiger partial charge in [-0.3, -0.25) is 19.5 Å². The van der Waals surface area contributed by atoms with Gasteiger partial charge < -0.3 is 10.3 Å². The second-order valence-electron chi connectivity index (χ2n) is 8.41. The highest BCUT2D eigenvalue weighted by Gasteiger charge is 2.38. The fraction of sp³-hybridized carbons (Fsp3) is 0.179. The molecule has 1 fully saturated rings. The summed E-state index contributed by atoms with van der Waals surface area (Å²) >= 11 is 1.38. The Morgan fingerprint density at radius 3 is 2.49 bits per heavy atom. The standard InChI is InChI=1S/C28H26N4O2S/c33-26(31-22-11-5-2-6-12-22)17-25-27(34)32(28(35-25)30-18-20-9-3-1-4-10-20)16-15-21-19-29-24-14-8-7-13-23(21)24/h1-14,19,25,29H,15-18H2,(H,31,33)/t25-/m1/s1. The lowest BCUT2D eigenvalue weighted by Gasteiger charge is -2.16. The summed E-state index contributed by atoms with van der Waals surface area (Å²) in [6.07, 6.45) is 2.81. The fourth-order valence-electron chi connectivity index (χ4n) is 4.18. The fourth-order valence-corrected chi connectivity index (χ4v) is 5.35. The van der Waals surface area contributed by atoms with Crippen LogP contribution in [0.4, 0.5) is 5.69 Å². The summed E-state index contributed by atoms with van der Waals surface area (Å²) in [5.74, 6) is -0.243. The Kier molecular flexibility index (Phi) is 6.95. The van der Waals surface area contributed by atoms with Crippen molar-refractivity contribution >= 4 is 45.3 Å². The molecule has 1 atom stereocenters. The average Bonchev–Trinajstić information content (AvgIpc) is 3.43. The Hall–Kier alpha value is -3.84. The lowest BCUT2D eigenvalue weighted by molar-refractivity contribution is -0.128. The van der Waals surface area contributed by atoms with Crippen molar-refractivity contribution in [3.05, 3.63) is 102 Å². The van der Waals surface area contributed by atoms with Gasteiger partial charge in [0.1, 0.15) is 5.25 Å². The van der Waals surface area contributed by atoms with E-state index >= 15 is 0 Å². The van der Waals surface area contributed by atoms with E-state index in [0.29, 0.717) is 24.7 Å². The van der Waals surface area contributed by atoms with Crippen molar-refractivity contribution in [1.29, 1.82) is 0 Å². The van der Waals surface area contributed by atoms with Gasteiger partial charge in [-0.05, 0) is 35.7 Å². The number of anilines is 1. The molecule has 0 spiro atoms. The second-order valence-corrected chi connectivity index (χ2v) is 9.58. The molecule has 2 N–H and O–H groups in total. The van der Waals surface area contributed by atoms with Crippen LogP contribution in [0.2, 0.25) is 0 Å². The van der Waals surface area contributed by atoms with Crippen molar-refractivity contribution in [2.75, 3.05) is 11.9 Å². The Balaban J connectivity index is 1.31. The second kappa shape index (κ2) is 10.6. The third-order valence-electron chi connectivity index (χ3n) is 5.97. The quantitative estimate of drug-likeness (QED) is 0.361. The smallest absolute Gasteiger partial charge is 0.242 e. The minimum absolute atomic E-state index is 0.0649. The largest absolute Gasteiger partial charge is 0.361 e. The number of carbonyl (C=O) groups excluding carboxylic acids is 2. The molecule has 35 heavy (non-hydrogen) atoms. The van der Waals surface area contributed by atoms with Crippen molar-refractivity contribution in [2.24, 2.45) is 4.99 Å². The molecule has 1 aliphatic heterocycles. The third-order valence-corrected chi connectivity index (χ3v) is 7.18. The topological polar surface area (TPSA) is 77.6 Å². The van der Waals surface area contributed by atoms with Crippen LogP contribution < -0.4 is 5.32 Å². The molecular weight excluding hydrogens is 456 g/mol. The van der Waals surface area contributed by atoms with E-state index in [1.54, 1.807) is 4.90 Å². The molecule has 2 heterocycles. The van der Waals surface area contributed by atoms with E-state index in [2.05, 4.69) is 16.4 Å². The minimum atomic E-state index is -0.490. The van der Waals surface area contributed by atoms with Gasteiger partial charge in [0.05, 0.1) is 6.54 Å². The molecule has 7 heteroatoms. The zero-order valence-electron chi connectivity index (χ0n) is 19.2. The first-order valence-corrected chi connectivity index (χ1v) is 12.5. The highest BCUT2D eigenvalue weighted by atomic mass is 32.2. The van der Waals surface area contributed by atoms with Gasteiger partial charge in [0.25, 0.3) is 0 Å². The molecular formula is C28H26N4O2S. The van der Waals surface area contributed by atoms with E-state index in [1.807, 2.05) is 85.1 Å². The van der Waals surface area contributed by atoms with E-state index in [9.17, 15) is 9.59 Å². The first-order chi connectivity index (χ1) is 17.2. The third kappa shape index (κ3) is 5.46. The van der Waals surface area contributed by atoms with Crippen molar-refractivity contribution in [3.63, 3.8) is 0 Å². The van der Waals surface area contributed by atoms with Gasteiger partial charge in [0.2, 0.25) is 11.8 Å². The zero-order chi connectivity index (χ0) is 24.0. The van der Waals surface area contributed by atoms with Gasteiger partial charge in [-0.25, -0.2) is 0 Å². The molecule has 4 aromatic rings. The molecule has 0 radical (unpaired) electrons. The molecule has 0 bridgehead atoms. The lowest BCUT2D eigenvalue weighted by Crippen LogP contribution is -2.35. The average molecular weight is 483 g/mol. The number of benzene rings is 3. The summed E-state index contributed by atoms with van der Waals surface area (Å²) in [5, 5.41) is 4.23. The molecule has 3 aromatic carbocycles. The maximum atomic E-state index is 13.4. The molecule has 1 aliphatic rings. The SMILES string of the molecule is O=C(C[C@H]1SC(=NCc2ccccc2)N(CCc2c[nH]c3ccccc23)C1=O)Nc1ccccc1. The molecule has 0 saturated carbocycles. The van der Waals surface area contributed by atoms with E-state index in [1.165, 1.54) is 11.8 Å². The maximum absolute atomic E-state index is 13.4. The minimum Gasteiger partial charge on any atom is -0.361 e. The van der Waals surface area contributed by atoms with Gasteiger partial charge in [0, 0.05) is 35.8 Å². The number of fused-ring (bicyclic) bond motifs is 1. The number of carbonyl (C=O) groups is 2. The predicted molar refractivity (Wildman–Crippen MR) is 142 cm³/mol. The van der Waals surface area contributed by atoms with Crippen molar-refractivity contribution in [1.82, 2.24) is 9.88 Å². The first kappa shape index (κ1) is 22.9. The summed E-state index contributed by atoms with van der Waals surface area (Å²) < 4.78 is 0. The van der Waals surface area contributed by atoms with Crippen LogP contribution in [0.15, 0.2) is 96.1 Å². The van der Waals surface area contributed by atoms with E-state index in [4.69, 9.17) is 4.99 Å².